The molecular formula is C15H23Cl2N5O. The minimum absolute atomic E-state index is 0. The van der Waals surface area contributed by atoms with Gasteiger partial charge in [-0.3, -0.25) is 9.48 Å². The summed E-state index contributed by atoms with van der Waals surface area (Å²) >= 11 is 0. The summed E-state index contributed by atoms with van der Waals surface area (Å²) in [6, 6.07) is 3.41. The van der Waals surface area contributed by atoms with Gasteiger partial charge in [-0.25, -0.2) is 4.98 Å². The highest BCUT2D eigenvalue weighted by Gasteiger charge is 2.18. The average Bonchev–Trinajstić information content (AvgIpc) is 2.68. The van der Waals surface area contributed by atoms with Crippen LogP contribution in [0.25, 0.3) is 0 Å². The van der Waals surface area contributed by atoms with Crippen LogP contribution in [0.2, 0.25) is 0 Å². The Hall–Kier alpha value is -1.79. The Bertz CT molecular complexity index is 655. The first-order valence-electron chi connectivity index (χ1n) is 6.90. The molecule has 2 aromatic rings. The third kappa shape index (κ3) is 5.11. The van der Waals surface area contributed by atoms with Gasteiger partial charge in [-0.15, -0.1) is 24.8 Å². The fourth-order valence-corrected chi connectivity index (χ4v) is 2.26. The Labute approximate surface area is 148 Å². The first-order valence-corrected chi connectivity index (χ1v) is 6.90. The van der Waals surface area contributed by atoms with Gasteiger partial charge < -0.3 is 11.1 Å². The van der Waals surface area contributed by atoms with Crippen LogP contribution in [-0.4, -0.2) is 20.7 Å². The number of nitrogen functional groups attached to an aromatic ring is 1. The summed E-state index contributed by atoms with van der Waals surface area (Å²) in [6.45, 7) is 5.90. The van der Waals surface area contributed by atoms with Crippen LogP contribution in [0.4, 0.5) is 11.5 Å². The Morgan fingerprint density at radius 2 is 2.00 bits per heavy atom. The molecule has 0 aliphatic rings. The number of pyridine rings is 1. The molecular weight excluding hydrogens is 337 g/mol. The van der Waals surface area contributed by atoms with E-state index in [-0.39, 0.29) is 36.6 Å². The zero-order valence-electron chi connectivity index (χ0n) is 13.7. The molecule has 0 spiro atoms. The number of aryl methyl sites for hydroxylation is 2. The molecule has 6 nitrogen and oxygen atoms in total. The molecule has 0 aliphatic carbocycles. The van der Waals surface area contributed by atoms with Gasteiger partial charge in [-0.05, 0) is 38.0 Å². The molecule has 1 amide bonds. The lowest BCUT2D eigenvalue weighted by Crippen LogP contribution is -2.22. The topological polar surface area (TPSA) is 85.8 Å². The van der Waals surface area contributed by atoms with Gasteiger partial charge in [0, 0.05) is 18.7 Å². The number of carbonyl (C=O) groups excluding carboxylic acids is 1. The molecule has 8 heteroatoms. The fraction of sp³-hybridized carbons (Fsp3) is 0.400. The second-order valence-corrected chi connectivity index (χ2v) is 5.34. The molecule has 2 heterocycles. The molecule has 0 saturated heterocycles. The van der Waals surface area contributed by atoms with Crippen LogP contribution in [0.1, 0.15) is 23.9 Å². The number of amides is 1. The standard InChI is InChI=1S/C15H21N5O.2ClH/c1-9(7-13-10(2)19-20(4)11(13)3)15(21)18-12-5-6-14(16)17-8-12;;/h5-6,8-9H,7H2,1-4H3,(H2,16,17)(H,18,21);2*1H. The number of nitrogens with one attached hydrogen (secondary N) is 1. The quantitative estimate of drug-likeness (QED) is 0.878. The average molecular weight is 360 g/mol. The lowest BCUT2D eigenvalue weighted by Gasteiger charge is -2.12. The zero-order chi connectivity index (χ0) is 15.6. The van der Waals surface area contributed by atoms with E-state index in [2.05, 4.69) is 15.4 Å². The summed E-state index contributed by atoms with van der Waals surface area (Å²) in [5, 5.41) is 7.23. The van der Waals surface area contributed by atoms with Gasteiger partial charge in [-0.1, -0.05) is 6.92 Å². The van der Waals surface area contributed by atoms with Crippen LogP contribution < -0.4 is 11.1 Å². The molecule has 128 valence electrons. The first kappa shape index (κ1) is 21.2. The maximum Gasteiger partial charge on any atom is 0.227 e. The van der Waals surface area contributed by atoms with Gasteiger partial charge in [0.2, 0.25) is 5.91 Å². The smallest absolute Gasteiger partial charge is 0.227 e. The lowest BCUT2D eigenvalue weighted by atomic mass is 9.99. The molecule has 0 fully saturated rings. The van der Waals surface area contributed by atoms with Crippen molar-refractivity contribution in [3.8, 4) is 0 Å². The minimum atomic E-state index is -0.149. The minimum Gasteiger partial charge on any atom is -0.384 e. The predicted molar refractivity (Wildman–Crippen MR) is 97.3 cm³/mol. The van der Waals surface area contributed by atoms with Gasteiger partial charge in [0.25, 0.3) is 0 Å². The van der Waals surface area contributed by atoms with Gasteiger partial charge in [-0.2, -0.15) is 5.10 Å². The molecule has 0 aliphatic heterocycles. The second kappa shape index (κ2) is 8.74. The molecule has 3 N–H and O–H groups in total. The van der Waals surface area contributed by atoms with Crippen molar-refractivity contribution in [1.82, 2.24) is 14.8 Å². The highest BCUT2D eigenvalue weighted by Crippen LogP contribution is 2.18. The Balaban J connectivity index is 0.00000242. The molecule has 1 atom stereocenters. The molecule has 0 aromatic carbocycles. The highest BCUT2D eigenvalue weighted by atomic mass is 35.5. The first-order chi connectivity index (χ1) is 9.88. The SMILES string of the molecule is Cc1nn(C)c(C)c1CC(C)C(=O)Nc1ccc(N)nc1.Cl.Cl. The van der Waals surface area contributed by atoms with E-state index in [0.29, 0.717) is 17.9 Å². The van der Waals surface area contributed by atoms with E-state index in [9.17, 15) is 4.79 Å². The Morgan fingerprint density at radius 1 is 1.35 bits per heavy atom. The van der Waals surface area contributed by atoms with Crippen molar-refractivity contribution in [2.45, 2.75) is 27.2 Å². The molecule has 1 unspecified atom stereocenters. The van der Waals surface area contributed by atoms with Crippen molar-refractivity contribution in [3.63, 3.8) is 0 Å². The largest absolute Gasteiger partial charge is 0.384 e. The van der Waals surface area contributed by atoms with Crippen LogP contribution in [-0.2, 0) is 18.3 Å². The van der Waals surface area contributed by atoms with E-state index >= 15 is 0 Å². The number of anilines is 2. The molecule has 0 radical (unpaired) electrons. The third-order valence-corrected chi connectivity index (χ3v) is 3.67. The van der Waals surface area contributed by atoms with Crippen molar-refractivity contribution in [3.05, 3.63) is 35.3 Å². The summed E-state index contributed by atoms with van der Waals surface area (Å²) in [7, 11) is 1.91. The summed E-state index contributed by atoms with van der Waals surface area (Å²) in [5.74, 6) is 0.246. The van der Waals surface area contributed by atoms with Gasteiger partial charge >= 0.3 is 0 Å². The lowest BCUT2D eigenvalue weighted by molar-refractivity contribution is -0.119. The Kier molecular flexibility index (Phi) is 8.06. The van der Waals surface area contributed by atoms with E-state index < -0.39 is 0 Å². The van der Waals surface area contributed by atoms with Crippen LogP contribution in [0.15, 0.2) is 18.3 Å². The van der Waals surface area contributed by atoms with Gasteiger partial charge in [0.05, 0.1) is 17.6 Å². The number of nitrogens with two attached hydrogens (primary N) is 1. The van der Waals surface area contributed by atoms with E-state index in [0.717, 1.165) is 17.0 Å². The molecule has 2 rings (SSSR count). The van der Waals surface area contributed by atoms with Crippen LogP contribution in [0.5, 0.6) is 0 Å². The normalized spacial score (nSPS) is 11.1. The maximum absolute atomic E-state index is 12.2. The van der Waals surface area contributed by atoms with Gasteiger partial charge in [0.15, 0.2) is 0 Å². The highest BCUT2D eigenvalue weighted by molar-refractivity contribution is 5.92. The molecule has 2 aromatic heterocycles. The summed E-state index contributed by atoms with van der Waals surface area (Å²) in [5.41, 5.74) is 9.38. The van der Waals surface area contributed by atoms with E-state index in [4.69, 9.17) is 5.73 Å². The number of rotatable bonds is 4. The van der Waals surface area contributed by atoms with Crippen LogP contribution in [0.3, 0.4) is 0 Å². The number of halogens is 2. The number of hydrogen-bond acceptors (Lipinski definition) is 4. The third-order valence-electron chi connectivity index (χ3n) is 3.67. The predicted octanol–water partition coefficient (Wildman–Crippen LogP) is 2.68. The summed E-state index contributed by atoms with van der Waals surface area (Å²) in [6.07, 6.45) is 2.22. The van der Waals surface area contributed by atoms with Crippen molar-refractivity contribution in [1.29, 1.82) is 0 Å². The van der Waals surface area contributed by atoms with Crippen molar-refractivity contribution < 1.29 is 4.79 Å². The molecule has 23 heavy (non-hydrogen) atoms. The van der Waals surface area contributed by atoms with Gasteiger partial charge in [0.1, 0.15) is 5.82 Å². The van der Waals surface area contributed by atoms with E-state index in [1.807, 2.05) is 32.5 Å². The fourth-order valence-electron chi connectivity index (χ4n) is 2.26. The van der Waals surface area contributed by atoms with Crippen molar-refractivity contribution in [2.24, 2.45) is 13.0 Å². The number of nitrogens with zero attached hydrogens (tertiary/aromatic N) is 3. The summed E-state index contributed by atoms with van der Waals surface area (Å²) in [4.78, 5) is 16.2. The van der Waals surface area contributed by atoms with E-state index in [1.165, 1.54) is 0 Å². The van der Waals surface area contributed by atoms with Crippen LogP contribution in [0, 0.1) is 19.8 Å². The molecule has 0 bridgehead atoms. The second-order valence-electron chi connectivity index (χ2n) is 5.34. The van der Waals surface area contributed by atoms with Crippen LogP contribution >= 0.6 is 24.8 Å². The number of aromatic nitrogens is 3. The van der Waals surface area contributed by atoms with Crippen molar-refractivity contribution in [2.75, 3.05) is 11.1 Å². The number of hydrogen-bond donors (Lipinski definition) is 2. The van der Waals surface area contributed by atoms with E-state index in [1.54, 1.807) is 18.3 Å². The number of carbonyl (C=O) groups is 1. The van der Waals surface area contributed by atoms with Crippen molar-refractivity contribution >= 4 is 42.2 Å². The Morgan fingerprint density at radius 3 is 2.48 bits per heavy atom. The monoisotopic (exact) mass is 359 g/mol. The molecule has 0 saturated carbocycles. The summed E-state index contributed by atoms with van der Waals surface area (Å²) < 4.78 is 1.85. The zero-order valence-corrected chi connectivity index (χ0v) is 15.3. The maximum atomic E-state index is 12.2.